The topological polar surface area (TPSA) is 75.2 Å². The van der Waals surface area contributed by atoms with Crippen molar-refractivity contribution >= 4 is 23.2 Å². The molecule has 0 atom stereocenters. The number of nitrogens with one attached hydrogen (secondary N) is 1. The van der Waals surface area contributed by atoms with Crippen molar-refractivity contribution in [3.8, 4) is 11.3 Å². The lowest BCUT2D eigenvalue weighted by Crippen LogP contribution is -2.47. The van der Waals surface area contributed by atoms with Gasteiger partial charge in [0, 0.05) is 42.3 Å². The monoisotopic (exact) mass is 398 g/mol. The lowest BCUT2D eigenvalue weighted by atomic mass is 9.96. The van der Waals surface area contributed by atoms with E-state index in [9.17, 15) is 22.8 Å². The summed E-state index contributed by atoms with van der Waals surface area (Å²) in [6, 6.07) is 3.68. The Morgan fingerprint density at radius 3 is 2.52 bits per heavy atom. The van der Waals surface area contributed by atoms with Gasteiger partial charge in [-0.1, -0.05) is 0 Å². The van der Waals surface area contributed by atoms with Gasteiger partial charge in [0.2, 0.25) is 5.91 Å². The van der Waals surface area contributed by atoms with Gasteiger partial charge < -0.3 is 10.2 Å². The highest BCUT2D eigenvalue weighted by Gasteiger charge is 2.43. The highest BCUT2D eigenvalue weighted by molar-refractivity contribution is 7.09. The van der Waals surface area contributed by atoms with E-state index < -0.39 is 18.0 Å². The van der Waals surface area contributed by atoms with E-state index in [0.29, 0.717) is 0 Å². The van der Waals surface area contributed by atoms with Crippen molar-refractivity contribution in [3.05, 3.63) is 34.9 Å². The molecule has 1 fully saturated rings. The average Bonchev–Trinajstić information content (AvgIpc) is 3.15. The Labute approximate surface area is 157 Å². The fraction of sp³-hybridized carbons (Fsp3) is 0.412. The minimum Gasteiger partial charge on any atom is -0.349 e. The first-order chi connectivity index (χ1) is 12.8. The summed E-state index contributed by atoms with van der Waals surface area (Å²) < 4.78 is 37.3. The first kappa shape index (κ1) is 19.3. The quantitative estimate of drug-likeness (QED) is 0.859. The molecule has 0 saturated carbocycles. The number of pyridine rings is 1. The minimum absolute atomic E-state index is 0.0696. The van der Waals surface area contributed by atoms with Gasteiger partial charge in [-0.3, -0.25) is 14.6 Å². The predicted molar refractivity (Wildman–Crippen MR) is 92.6 cm³/mol. The molecule has 2 amide bonds. The summed E-state index contributed by atoms with van der Waals surface area (Å²) in [5.74, 6) is -2.47. The van der Waals surface area contributed by atoms with Gasteiger partial charge >= 0.3 is 12.1 Å². The number of amides is 2. The number of carbonyl (C=O) groups is 2. The molecule has 0 unspecified atom stereocenters. The van der Waals surface area contributed by atoms with Crippen molar-refractivity contribution in [2.75, 3.05) is 13.1 Å². The van der Waals surface area contributed by atoms with Crippen LogP contribution < -0.4 is 5.32 Å². The Kier molecular flexibility index (Phi) is 5.73. The minimum atomic E-state index is -4.87. The number of aromatic nitrogens is 2. The molecule has 0 bridgehead atoms. The lowest BCUT2D eigenvalue weighted by Gasteiger charge is -2.31. The zero-order valence-corrected chi connectivity index (χ0v) is 15.0. The SMILES string of the molecule is O=C(NCc1nc(-c2ccncc2)cs1)C1CCN(C(=O)C(F)(F)F)CC1. The molecule has 10 heteroatoms. The summed E-state index contributed by atoms with van der Waals surface area (Å²) in [5.41, 5.74) is 1.73. The molecular formula is C17H17F3N4O2S. The van der Waals surface area contributed by atoms with E-state index in [2.05, 4.69) is 15.3 Å². The zero-order chi connectivity index (χ0) is 19.4. The molecule has 0 spiro atoms. The maximum atomic E-state index is 12.4. The van der Waals surface area contributed by atoms with Gasteiger partial charge in [-0.2, -0.15) is 13.2 Å². The molecule has 3 heterocycles. The van der Waals surface area contributed by atoms with Gasteiger partial charge in [0.1, 0.15) is 5.01 Å². The lowest BCUT2D eigenvalue weighted by molar-refractivity contribution is -0.186. The Bertz CT molecular complexity index is 802. The van der Waals surface area contributed by atoms with Crippen molar-refractivity contribution in [1.82, 2.24) is 20.2 Å². The Hall–Kier alpha value is -2.49. The maximum Gasteiger partial charge on any atom is 0.471 e. The smallest absolute Gasteiger partial charge is 0.349 e. The van der Waals surface area contributed by atoms with Crippen molar-refractivity contribution in [2.24, 2.45) is 5.92 Å². The second-order valence-electron chi connectivity index (χ2n) is 6.14. The van der Waals surface area contributed by atoms with Crippen LogP contribution >= 0.6 is 11.3 Å². The maximum absolute atomic E-state index is 12.4. The third kappa shape index (κ3) is 4.82. The number of hydrogen-bond donors (Lipinski definition) is 1. The number of piperidine rings is 1. The fourth-order valence-corrected chi connectivity index (χ4v) is 3.62. The normalized spacial score (nSPS) is 15.6. The van der Waals surface area contributed by atoms with E-state index in [4.69, 9.17) is 0 Å². The van der Waals surface area contributed by atoms with Gasteiger partial charge in [0.05, 0.1) is 12.2 Å². The fourth-order valence-electron chi connectivity index (χ4n) is 2.88. The molecule has 1 aliphatic heterocycles. The highest BCUT2D eigenvalue weighted by Crippen LogP contribution is 2.24. The van der Waals surface area contributed by atoms with E-state index in [1.807, 2.05) is 17.5 Å². The van der Waals surface area contributed by atoms with Gasteiger partial charge in [-0.25, -0.2) is 4.98 Å². The van der Waals surface area contributed by atoms with Crippen LogP contribution in [0.2, 0.25) is 0 Å². The summed E-state index contributed by atoms with van der Waals surface area (Å²) in [7, 11) is 0. The number of nitrogens with zero attached hydrogens (tertiary/aromatic N) is 3. The van der Waals surface area contributed by atoms with Crippen molar-refractivity contribution in [2.45, 2.75) is 25.6 Å². The van der Waals surface area contributed by atoms with Crippen LogP contribution in [0.1, 0.15) is 17.8 Å². The van der Waals surface area contributed by atoms with Crippen LogP contribution in [0.25, 0.3) is 11.3 Å². The summed E-state index contributed by atoms with van der Waals surface area (Å²) in [6.45, 7) is 0.121. The standard InChI is InChI=1S/C17H17F3N4O2S/c18-17(19,20)16(26)24-7-3-12(4-8-24)15(25)22-9-14-23-13(10-27-14)11-1-5-21-6-2-11/h1-2,5-6,10,12H,3-4,7-9H2,(H,22,25). The predicted octanol–water partition coefficient (Wildman–Crippen LogP) is 2.62. The number of likely N-dealkylation sites (tertiary alicyclic amines) is 1. The van der Waals surface area contributed by atoms with Crippen LogP contribution in [-0.2, 0) is 16.1 Å². The van der Waals surface area contributed by atoms with Crippen LogP contribution in [0.3, 0.4) is 0 Å². The Balaban J connectivity index is 1.48. The molecule has 0 aromatic carbocycles. The molecule has 1 aliphatic rings. The van der Waals surface area contributed by atoms with E-state index in [-0.39, 0.29) is 38.4 Å². The third-order valence-electron chi connectivity index (χ3n) is 4.34. The van der Waals surface area contributed by atoms with Gasteiger partial charge in [-0.05, 0) is 25.0 Å². The number of thiazole rings is 1. The van der Waals surface area contributed by atoms with Crippen molar-refractivity contribution < 1.29 is 22.8 Å². The Morgan fingerprint density at radius 1 is 1.22 bits per heavy atom. The van der Waals surface area contributed by atoms with Crippen molar-refractivity contribution in [3.63, 3.8) is 0 Å². The number of halogens is 3. The first-order valence-corrected chi connectivity index (χ1v) is 9.21. The summed E-state index contributed by atoms with van der Waals surface area (Å²) in [5, 5.41) is 5.40. The van der Waals surface area contributed by atoms with Crippen LogP contribution in [0.4, 0.5) is 13.2 Å². The van der Waals surface area contributed by atoms with E-state index in [1.54, 1.807) is 12.4 Å². The molecule has 6 nitrogen and oxygen atoms in total. The average molecular weight is 398 g/mol. The molecule has 0 radical (unpaired) electrons. The van der Waals surface area contributed by atoms with Crippen LogP contribution in [0, 0.1) is 5.92 Å². The highest BCUT2D eigenvalue weighted by atomic mass is 32.1. The molecular weight excluding hydrogens is 381 g/mol. The largest absolute Gasteiger partial charge is 0.471 e. The van der Waals surface area contributed by atoms with E-state index in [1.165, 1.54) is 11.3 Å². The van der Waals surface area contributed by atoms with E-state index in [0.717, 1.165) is 21.2 Å². The van der Waals surface area contributed by atoms with Crippen molar-refractivity contribution in [1.29, 1.82) is 0 Å². The molecule has 144 valence electrons. The van der Waals surface area contributed by atoms with E-state index >= 15 is 0 Å². The van der Waals surface area contributed by atoms with Gasteiger partial charge in [-0.15, -0.1) is 11.3 Å². The summed E-state index contributed by atoms with van der Waals surface area (Å²) >= 11 is 1.42. The number of rotatable bonds is 4. The summed E-state index contributed by atoms with van der Waals surface area (Å²) in [6.07, 6.45) is -1.09. The van der Waals surface area contributed by atoms with Gasteiger partial charge in [0.25, 0.3) is 0 Å². The molecule has 1 N–H and O–H groups in total. The van der Waals surface area contributed by atoms with Crippen LogP contribution in [0.15, 0.2) is 29.9 Å². The number of alkyl halides is 3. The number of hydrogen-bond acceptors (Lipinski definition) is 5. The molecule has 27 heavy (non-hydrogen) atoms. The van der Waals surface area contributed by atoms with Gasteiger partial charge in [0.15, 0.2) is 0 Å². The second kappa shape index (κ2) is 8.03. The zero-order valence-electron chi connectivity index (χ0n) is 14.2. The van der Waals surface area contributed by atoms with Crippen LogP contribution in [0.5, 0.6) is 0 Å². The molecule has 0 aliphatic carbocycles. The molecule has 2 aromatic heterocycles. The summed E-state index contributed by atoms with van der Waals surface area (Å²) in [4.78, 5) is 32.6. The third-order valence-corrected chi connectivity index (χ3v) is 5.19. The van der Waals surface area contributed by atoms with Crippen LogP contribution in [-0.4, -0.2) is 45.9 Å². The Morgan fingerprint density at radius 2 is 1.89 bits per heavy atom. The molecule has 1 saturated heterocycles. The second-order valence-corrected chi connectivity index (χ2v) is 7.09. The number of carbonyl (C=O) groups excluding carboxylic acids is 2. The molecule has 2 aromatic rings. The molecule has 3 rings (SSSR count). The first-order valence-electron chi connectivity index (χ1n) is 8.33.